The van der Waals surface area contributed by atoms with Crippen molar-refractivity contribution >= 4 is 5.97 Å². The number of carbonyl (C=O) groups is 1. The van der Waals surface area contributed by atoms with Gasteiger partial charge in [0.15, 0.2) is 0 Å². The van der Waals surface area contributed by atoms with Crippen molar-refractivity contribution < 1.29 is 14.3 Å². The Balaban J connectivity index is 1.57. The molecule has 0 radical (unpaired) electrons. The van der Waals surface area contributed by atoms with Crippen molar-refractivity contribution in [3.05, 3.63) is 29.8 Å². The van der Waals surface area contributed by atoms with Crippen LogP contribution in [0, 0.1) is 11.8 Å². The molecule has 3 heteroatoms. The first kappa shape index (κ1) is 22.8. The first-order valence-corrected chi connectivity index (χ1v) is 11.6. The summed E-state index contributed by atoms with van der Waals surface area (Å²) in [6, 6.07) is 7.34. The van der Waals surface area contributed by atoms with Crippen LogP contribution in [0.4, 0.5) is 0 Å². The number of ether oxygens (including phenoxy) is 2. The van der Waals surface area contributed by atoms with Crippen LogP contribution in [0.5, 0.6) is 5.75 Å². The molecule has 3 nitrogen and oxygen atoms in total. The highest BCUT2D eigenvalue weighted by molar-refractivity contribution is 5.89. The molecule has 0 heterocycles. The highest BCUT2D eigenvalue weighted by Gasteiger charge is 2.20. The Labute approximate surface area is 172 Å². The lowest BCUT2D eigenvalue weighted by atomic mass is 9.78. The lowest BCUT2D eigenvalue weighted by molar-refractivity contribution is 0.0499. The lowest BCUT2D eigenvalue weighted by Gasteiger charge is -2.28. The normalized spacial score (nSPS) is 19.4. The molecular weight excluding hydrogens is 348 g/mol. The van der Waals surface area contributed by atoms with Crippen molar-refractivity contribution in [2.75, 3.05) is 13.2 Å². The van der Waals surface area contributed by atoms with E-state index in [4.69, 9.17) is 9.47 Å². The van der Waals surface area contributed by atoms with Gasteiger partial charge in [0.25, 0.3) is 0 Å². The van der Waals surface area contributed by atoms with E-state index in [1.807, 2.05) is 12.1 Å². The molecule has 28 heavy (non-hydrogen) atoms. The van der Waals surface area contributed by atoms with E-state index < -0.39 is 0 Å². The standard InChI is InChI=1S/C25H40O3/c1-3-5-7-9-21-11-13-22(14-12-21)10-8-20-27-24-17-15-23(16-18-24)25(26)28-19-6-4-2/h15-18,21-22H,3-14,19-20H2,1-2H3/t21-,22-. The number of hydrogen-bond acceptors (Lipinski definition) is 3. The highest BCUT2D eigenvalue weighted by Crippen LogP contribution is 2.34. The molecule has 1 aromatic carbocycles. The number of carbonyl (C=O) groups excluding carboxylic acids is 1. The van der Waals surface area contributed by atoms with Gasteiger partial charge in [-0.05, 0) is 55.4 Å². The monoisotopic (exact) mass is 388 g/mol. The Kier molecular flexibility index (Phi) is 11.1. The molecule has 0 bridgehead atoms. The SMILES string of the molecule is CCCCC[C@H]1CC[C@H](CCCOc2ccc(C(=O)OCCCC)cc2)CC1. The molecule has 0 unspecified atom stereocenters. The highest BCUT2D eigenvalue weighted by atomic mass is 16.5. The van der Waals surface area contributed by atoms with Gasteiger partial charge in [-0.15, -0.1) is 0 Å². The second-order valence-electron chi connectivity index (χ2n) is 8.39. The lowest BCUT2D eigenvalue weighted by Crippen LogP contribution is -2.15. The van der Waals surface area contributed by atoms with Gasteiger partial charge in [-0.25, -0.2) is 4.79 Å². The first-order valence-electron chi connectivity index (χ1n) is 11.6. The van der Waals surface area contributed by atoms with Crippen LogP contribution < -0.4 is 4.74 Å². The van der Waals surface area contributed by atoms with Gasteiger partial charge in [-0.2, -0.15) is 0 Å². The Hall–Kier alpha value is -1.51. The van der Waals surface area contributed by atoms with Gasteiger partial charge in [-0.1, -0.05) is 71.6 Å². The molecule has 1 aliphatic carbocycles. The predicted molar refractivity (Wildman–Crippen MR) is 116 cm³/mol. The van der Waals surface area contributed by atoms with Gasteiger partial charge in [0, 0.05) is 0 Å². The van der Waals surface area contributed by atoms with Crippen molar-refractivity contribution in [3.63, 3.8) is 0 Å². The third-order valence-corrected chi connectivity index (χ3v) is 6.03. The summed E-state index contributed by atoms with van der Waals surface area (Å²) in [5, 5.41) is 0. The minimum absolute atomic E-state index is 0.245. The van der Waals surface area contributed by atoms with Crippen molar-refractivity contribution in [2.45, 2.75) is 90.9 Å². The van der Waals surface area contributed by atoms with Crippen molar-refractivity contribution in [2.24, 2.45) is 11.8 Å². The van der Waals surface area contributed by atoms with E-state index in [0.29, 0.717) is 12.2 Å². The van der Waals surface area contributed by atoms with E-state index >= 15 is 0 Å². The molecule has 0 spiro atoms. The quantitative estimate of drug-likeness (QED) is 0.265. The van der Waals surface area contributed by atoms with Gasteiger partial charge < -0.3 is 9.47 Å². The van der Waals surface area contributed by atoms with E-state index in [0.717, 1.165) is 43.5 Å². The maximum absolute atomic E-state index is 11.9. The summed E-state index contributed by atoms with van der Waals surface area (Å²) >= 11 is 0. The summed E-state index contributed by atoms with van der Waals surface area (Å²) in [5.74, 6) is 2.48. The van der Waals surface area contributed by atoms with Crippen LogP contribution in [0.2, 0.25) is 0 Å². The number of esters is 1. The summed E-state index contributed by atoms with van der Waals surface area (Å²) in [4.78, 5) is 11.9. The van der Waals surface area contributed by atoms with E-state index in [9.17, 15) is 4.79 Å². The van der Waals surface area contributed by atoms with Gasteiger partial charge >= 0.3 is 5.97 Å². The molecule has 0 aliphatic heterocycles. The van der Waals surface area contributed by atoms with Crippen molar-refractivity contribution in [1.29, 1.82) is 0 Å². The molecule has 1 fully saturated rings. The van der Waals surface area contributed by atoms with Crippen LogP contribution >= 0.6 is 0 Å². The first-order chi connectivity index (χ1) is 13.7. The van der Waals surface area contributed by atoms with E-state index in [1.165, 1.54) is 57.8 Å². The topological polar surface area (TPSA) is 35.5 Å². The predicted octanol–water partition coefficient (Wildman–Crippen LogP) is 7.19. The largest absolute Gasteiger partial charge is 0.494 e. The summed E-state index contributed by atoms with van der Waals surface area (Å²) in [6.45, 7) is 5.63. The summed E-state index contributed by atoms with van der Waals surface area (Å²) in [7, 11) is 0. The minimum atomic E-state index is -0.245. The second-order valence-corrected chi connectivity index (χ2v) is 8.39. The fraction of sp³-hybridized carbons (Fsp3) is 0.720. The number of hydrogen-bond donors (Lipinski definition) is 0. The summed E-state index contributed by atoms with van der Waals surface area (Å²) in [5.41, 5.74) is 0.596. The Bertz CT molecular complexity index is 529. The van der Waals surface area contributed by atoms with E-state index in [-0.39, 0.29) is 5.97 Å². The molecule has 1 aliphatic rings. The van der Waals surface area contributed by atoms with Gasteiger partial charge in [0.1, 0.15) is 5.75 Å². The average Bonchev–Trinajstić information content (AvgIpc) is 2.73. The van der Waals surface area contributed by atoms with Gasteiger partial charge in [0.05, 0.1) is 18.8 Å². The second kappa shape index (κ2) is 13.6. The Morgan fingerprint density at radius 3 is 2.04 bits per heavy atom. The zero-order valence-corrected chi connectivity index (χ0v) is 18.1. The maximum Gasteiger partial charge on any atom is 0.338 e. The molecule has 0 saturated heterocycles. The summed E-state index contributed by atoms with van der Waals surface area (Å²) < 4.78 is 11.1. The van der Waals surface area contributed by atoms with Crippen LogP contribution in [0.15, 0.2) is 24.3 Å². The third-order valence-electron chi connectivity index (χ3n) is 6.03. The zero-order chi connectivity index (χ0) is 20.0. The van der Waals surface area contributed by atoms with E-state index in [1.54, 1.807) is 12.1 Å². The molecule has 0 N–H and O–H groups in total. The van der Waals surface area contributed by atoms with Crippen molar-refractivity contribution in [1.82, 2.24) is 0 Å². The van der Waals surface area contributed by atoms with Crippen LogP contribution in [-0.4, -0.2) is 19.2 Å². The average molecular weight is 389 g/mol. The van der Waals surface area contributed by atoms with Crippen LogP contribution in [0.1, 0.15) is 101 Å². The molecule has 0 amide bonds. The fourth-order valence-electron chi connectivity index (χ4n) is 4.13. The van der Waals surface area contributed by atoms with E-state index in [2.05, 4.69) is 13.8 Å². The Morgan fingerprint density at radius 1 is 0.821 bits per heavy atom. The van der Waals surface area contributed by atoms with Crippen LogP contribution in [0.3, 0.4) is 0 Å². The number of benzene rings is 1. The fourth-order valence-corrected chi connectivity index (χ4v) is 4.13. The number of unbranched alkanes of at least 4 members (excludes halogenated alkanes) is 3. The molecular formula is C25H40O3. The summed E-state index contributed by atoms with van der Waals surface area (Å²) in [6.07, 6.45) is 15.6. The third kappa shape index (κ3) is 8.67. The molecule has 0 aromatic heterocycles. The molecule has 158 valence electrons. The maximum atomic E-state index is 11.9. The zero-order valence-electron chi connectivity index (χ0n) is 18.1. The van der Waals surface area contributed by atoms with Gasteiger partial charge in [-0.3, -0.25) is 0 Å². The van der Waals surface area contributed by atoms with Crippen molar-refractivity contribution in [3.8, 4) is 5.75 Å². The molecule has 1 aromatic rings. The minimum Gasteiger partial charge on any atom is -0.494 e. The number of rotatable bonds is 13. The van der Waals surface area contributed by atoms with Crippen LogP contribution in [0.25, 0.3) is 0 Å². The molecule has 1 saturated carbocycles. The Morgan fingerprint density at radius 2 is 1.43 bits per heavy atom. The smallest absolute Gasteiger partial charge is 0.338 e. The van der Waals surface area contributed by atoms with Gasteiger partial charge in [0.2, 0.25) is 0 Å². The van der Waals surface area contributed by atoms with Crippen LogP contribution in [-0.2, 0) is 4.74 Å². The molecule has 0 atom stereocenters. The molecule has 2 rings (SSSR count).